The second-order valence-corrected chi connectivity index (χ2v) is 6.07. The molecule has 1 aliphatic heterocycles. The summed E-state index contributed by atoms with van der Waals surface area (Å²) in [7, 11) is 0. The first-order valence-corrected chi connectivity index (χ1v) is 8.33. The first kappa shape index (κ1) is 15.8. The summed E-state index contributed by atoms with van der Waals surface area (Å²) >= 11 is 0. The van der Waals surface area contributed by atoms with Crippen LogP contribution < -0.4 is 5.32 Å². The molecule has 0 radical (unpaired) electrons. The van der Waals surface area contributed by atoms with E-state index in [-0.39, 0.29) is 24.2 Å². The van der Waals surface area contributed by atoms with Crippen LogP contribution in [0.4, 0.5) is 10.1 Å². The fourth-order valence-electron chi connectivity index (χ4n) is 3.18. The van der Waals surface area contributed by atoms with Gasteiger partial charge in [-0.15, -0.1) is 0 Å². The predicted molar refractivity (Wildman–Crippen MR) is 92.7 cm³/mol. The van der Waals surface area contributed by atoms with Crippen LogP contribution in [0.2, 0.25) is 0 Å². The van der Waals surface area contributed by atoms with E-state index in [2.05, 4.69) is 10.3 Å². The molecule has 6 heteroatoms. The highest BCUT2D eigenvalue weighted by Gasteiger charge is 2.25. The third kappa shape index (κ3) is 3.13. The molecule has 4 rings (SSSR count). The summed E-state index contributed by atoms with van der Waals surface area (Å²) < 4.78 is 21.4. The number of anilines is 1. The fraction of sp³-hybridized carbons (Fsp3) is 0.263. The number of hydrogen-bond acceptors (Lipinski definition) is 3. The van der Waals surface area contributed by atoms with Crippen LogP contribution in [0.3, 0.4) is 0 Å². The molecule has 1 aliphatic rings. The van der Waals surface area contributed by atoms with Crippen LogP contribution in [0.1, 0.15) is 24.8 Å². The highest BCUT2D eigenvalue weighted by molar-refractivity contribution is 5.91. The lowest BCUT2D eigenvalue weighted by Gasteiger charge is -2.14. The summed E-state index contributed by atoms with van der Waals surface area (Å²) in [5, 5.41) is 2.63. The molecule has 5 nitrogen and oxygen atoms in total. The van der Waals surface area contributed by atoms with Crippen molar-refractivity contribution < 1.29 is 13.9 Å². The molecule has 0 spiro atoms. The van der Waals surface area contributed by atoms with Gasteiger partial charge < -0.3 is 14.6 Å². The minimum absolute atomic E-state index is 0.0596. The molecule has 128 valence electrons. The Morgan fingerprint density at radius 1 is 1.24 bits per heavy atom. The number of imidazole rings is 1. The average molecular weight is 339 g/mol. The van der Waals surface area contributed by atoms with Crippen LogP contribution in [0.5, 0.6) is 0 Å². The Kier molecular flexibility index (Phi) is 4.19. The van der Waals surface area contributed by atoms with Crippen molar-refractivity contribution in [3.8, 4) is 0 Å². The van der Waals surface area contributed by atoms with Gasteiger partial charge in [0.2, 0.25) is 5.91 Å². The fourth-order valence-corrected chi connectivity index (χ4v) is 3.18. The Balaban J connectivity index is 1.64. The number of amides is 1. The molecular formula is C19H18FN3O2. The molecule has 1 fully saturated rings. The molecule has 1 aromatic heterocycles. The smallest absolute Gasteiger partial charge is 0.244 e. The standard InChI is InChI=1S/C19H18FN3O2/c20-13-6-1-2-7-14(13)21-18(24)12-23-16-9-4-3-8-15(16)22-19(23)17-10-5-11-25-17/h1-4,6-9,17H,5,10-12H2,(H,21,24). The molecule has 2 aromatic carbocycles. The molecular weight excluding hydrogens is 321 g/mol. The number of carbonyl (C=O) groups excluding carboxylic acids is 1. The molecule has 1 N–H and O–H groups in total. The molecule has 0 bridgehead atoms. The van der Waals surface area contributed by atoms with Crippen molar-refractivity contribution >= 4 is 22.6 Å². The second kappa shape index (κ2) is 6.64. The maximum atomic E-state index is 13.8. The number of rotatable bonds is 4. The lowest BCUT2D eigenvalue weighted by molar-refractivity contribution is -0.116. The molecule has 1 amide bonds. The number of halogens is 1. The van der Waals surface area contributed by atoms with Gasteiger partial charge in [0.15, 0.2) is 0 Å². The number of carbonyl (C=O) groups is 1. The van der Waals surface area contributed by atoms with Gasteiger partial charge in [0.05, 0.1) is 16.7 Å². The maximum absolute atomic E-state index is 13.8. The van der Waals surface area contributed by atoms with Gasteiger partial charge in [0.1, 0.15) is 24.3 Å². The summed E-state index contributed by atoms with van der Waals surface area (Å²) in [6.45, 7) is 0.763. The van der Waals surface area contributed by atoms with E-state index >= 15 is 0 Å². The Labute approximate surface area is 144 Å². The van der Waals surface area contributed by atoms with Crippen molar-refractivity contribution in [2.75, 3.05) is 11.9 Å². The van der Waals surface area contributed by atoms with Crippen LogP contribution in [-0.2, 0) is 16.1 Å². The lowest BCUT2D eigenvalue weighted by atomic mass is 10.2. The zero-order valence-corrected chi connectivity index (χ0v) is 13.6. The summed E-state index contributed by atoms with van der Waals surface area (Å²) in [6, 6.07) is 13.8. The minimum Gasteiger partial charge on any atom is -0.370 e. The van der Waals surface area contributed by atoms with E-state index in [1.54, 1.807) is 18.2 Å². The summed E-state index contributed by atoms with van der Waals surface area (Å²) in [5.74, 6) is 0.000530. The van der Waals surface area contributed by atoms with Gasteiger partial charge >= 0.3 is 0 Å². The molecule has 3 aromatic rings. The zero-order chi connectivity index (χ0) is 17.2. The van der Waals surface area contributed by atoms with Gasteiger partial charge in [0.25, 0.3) is 0 Å². The third-order valence-corrected chi connectivity index (χ3v) is 4.35. The van der Waals surface area contributed by atoms with Crippen LogP contribution in [-0.4, -0.2) is 22.1 Å². The summed E-state index contributed by atoms with van der Waals surface area (Å²) in [5.41, 5.74) is 1.87. The molecule has 1 unspecified atom stereocenters. The van der Waals surface area contributed by atoms with Crippen LogP contribution in [0.15, 0.2) is 48.5 Å². The number of benzene rings is 2. The van der Waals surface area contributed by atoms with Crippen molar-refractivity contribution in [2.24, 2.45) is 0 Å². The van der Waals surface area contributed by atoms with E-state index in [0.717, 1.165) is 29.7 Å². The lowest BCUT2D eigenvalue weighted by Crippen LogP contribution is -2.21. The van der Waals surface area contributed by atoms with Crippen molar-refractivity contribution in [2.45, 2.75) is 25.5 Å². The maximum Gasteiger partial charge on any atom is 0.244 e. The molecule has 1 saturated heterocycles. The Morgan fingerprint density at radius 2 is 2.04 bits per heavy atom. The van der Waals surface area contributed by atoms with Crippen LogP contribution >= 0.6 is 0 Å². The Bertz CT molecular complexity index is 916. The third-order valence-electron chi connectivity index (χ3n) is 4.35. The topological polar surface area (TPSA) is 56.2 Å². The van der Waals surface area contributed by atoms with E-state index in [9.17, 15) is 9.18 Å². The van der Waals surface area contributed by atoms with Crippen LogP contribution in [0, 0.1) is 5.82 Å². The van der Waals surface area contributed by atoms with Crippen molar-refractivity contribution in [1.82, 2.24) is 9.55 Å². The zero-order valence-electron chi connectivity index (χ0n) is 13.6. The van der Waals surface area contributed by atoms with Gasteiger partial charge in [-0.05, 0) is 37.1 Å². The number of nitrogens with one attached hydrogen (secondary N) is 1. The quantitative estimate of drug-likeness (QED) is 0.789. The number of nitrogens with zero attached hydrogens (tertiary/aromatic N) is 2. The molecule has 25 heavy (non-hydrogen) atoms. The Morgan fingerprint density at radius 3 is 2.84 bits per heavy atom. The van der Waals surface area contributed by atoms with E-state index in [1.165, 1.54) is 6.07 Å². The predicted octanol–water partition coefficient (Wildman–Crippen LogP) is 3.67. The van der Waals surface area contributed by atoms with Gasteiger partial charge in [-0.25, -0.2) is 9.37 Å². The van der Waals surface area contributed by atoms with Crippen LogP contribution in [0.25, 0.3) is 11.0 Å². The first-order chi connectivity index (χ1) is 12.2. The van der Waals surface area contributed by atoms with Crippen molar-refractivity contribution in [3.63, 3.8) is 0 Å². The highest BCUT2D eigenvalue weighted by Crippen LogP contribution is 2.30. The monoisotopic (exact) mass is 339 g/mol. The van der Waals surface area contributed by atoms with E-state index < -0.39 is 5.82 Å². The number of aromatic nitrogens is 2. The SMILES string of the molecule is O=C(Cn1c(C2CCCO2)nc2ccccc21)Nc1ccccc1F. The van der Waals surface area contributed by atoms with Crippen molar-refractivity contribution in [1.29, 1.82) is 0 Å². The van der Waals surface area contributed by atoms with Gasteiger partial charge in [-0.1, -0.05) is 24.3 Å². The average Bonchev–Trinajstić information content (AvgIpc) is 3.25. The number of fused-ring (bicyclic) bond motifs is 1. The first-order valence-electron chi connectivity index (χ1n) is 8.33. The molecule has 1 atom stereocenters. The van der Waals surface area contributed by atoms with Crippen molar-refractivity contribution in [3.05, 3.63) is 60.2 Å². The minimum atomic E-state index is -0.453. The molecule has 0 saturated carbocycles. The molecule has 2 heterocycles. The van der Waals surface area contributed by atoms with Gasteiger partial charge in [-0.3, -0.25) is 4.79 Å². The van der Waals surface area contributed by atoms with E-state index in [4.69, 9.17) is 4.74 Å². The largest absolute Gasteiger partial charge is 0.370 e. The van der Waals surface area contributed by atoms with Gasteiger partial charge in [-0.2, -0.15) is 0 Å². The normalized spacial score (nSPS) is 17.1. The summed E-state index contributed by atoms with van der Waals surface area (Å²) in [4.78, 5) is 17.1. The molecule has 0 aliphatic carbocycles. The van der Waals surface area contributed by atoms with Gasteiger partial charge in [0, 0.05) is 6.61 Å². The van der Waals surface area contributed by atoms with E-state index in [1.807, 2.05) is 28.8 Å². The number of hydrogen-bond donors (Lipinski definition) is 1. The summed E-state index contributed by atoms with van der Waals surface area (Å²) in [6.07, 6.45) is 1.77. The van der Waals surface area contributed by atoms with E-state index in [0.29, 0.717) is 6.61 Å². The Hall–Kier alpha value is -2.73. The second-order valence-electron chi connectivity index (χ2n) is 6.07. The number of ether oxygens (including phenoxy) is 1. The highest BCUT2D eigenvalue weighted by atomic mass is 19.1. The number of para-hydroxylation sites is 3.